The molecule has 0 spiro atoms. The van der Waals surface area contributed by atoms with Gasteiger partial charge in [0.2, 0.25) is 0 Å². The van der Waals surface area contributed by atoms with Gasteiger partial charge in [-0.1, -0.05) is 13.8 Å². The van der Waals surface area contributed by atoms with Gasteiger partial charge in [0, 0.05) is 12.4 Å². The van der Waals surface area contributed by atoms with Crippen molar-refractivity contribution in [1.82, 2.24) is 4.90 Å². The molecule has 1 nitrogen and oxygen atoms in total. The Kier molecular flexibility index (Phi) is 3.85. The number of alkyl halides is 1. The van der Waals surface area contributed by atoms with Crippen LogP contribution >= 0.6 is 11.6 Å². The summed E-state index contributed by atoms with van der Waals surface area (Å²) < 4.78 is 0. The monoisotopic (exact) mass is 189 g/mol. The van der Waals surface area contributed by atoms with Gasteiger partial charge >= 0.3 is 0 Å². The van der Waals surface area contributed by atoms with Crippen molar-refractivity contribution in [1.29, 1.82) is 0 Å². The number of hydrogen-bond acceptors (Lipinski definition) is 1. The maximum absolute atomic E-state index is 5.72. The van der Waals surface area contributed by atoms with E-state index in [9.17, 15) is 0 Å². The molecular formula is C10H20ClN. The molecule has 0 atom stereocenters. The zero-order chi connectivity index (χ0) is 9.03. The van der Waals surface area contributed by atoms with Crippen LogP contribution in [0.1, 0.15) is 33.1 Å². The fourth-order valence-corrected chi connectivity index (χ4v) is 2.06. The summed E-state index contributed by atoms with van der Waals surface area (Å²) in [5, 5.41) is 0. The lowest BCUT2D eigenvalue weighted by Crippen LogP contribution is -2.27. The molecule has 0 amide bonds. The molecule has 0 radical (unpaired) electrons. The van der Waals surface area contributed by atoms with Crippen LogP contribution in [0.4, 0.5) is 0 Å². The lowest BCUT2D eigenvalue weighted by Gasteiger charge is -2.22. The van der Waals surface area contributed by atoms with Crippen molar-refractivity contribution in [3.05, 3.63) is 0 Å². The first-order valence-electron chi connectivity index (χ1n) is 4.92. The van der Waals surface area contributed by atoms with Crippen LogP contribution in [0.25, 0.3) is 0 Å². The van der Waals surface area contributed by atoms with Gasteiger partial charge in [0.25, 0.3) is 0 Å². The molecule has 0 aromatic rings. The smallest absolute Gasteiger partial charge is 0.0351 e. The van der Waals surface area contributed by atoms with Crippen LogP contribution in [0.3, 0.4) is 0 Å². The summed E-state index contributed by atoms with van der Waals surface area (Å²) in [5.74, 6) is 0.778. The average Bonchev–Trinajstić information content (AvgIpc) is 2.14. The minimum Gasteiger partial charge on any atom is -0.302 e. The van der Waals surface area contributed by atoms with E-state index in [1.165, 1.54) is 32.4 Å². The third-order valence-corrected chi connectivity index (χ3v) is 3.00. The van der Waals surface area contributed by atoms with Crippen LogP contribution in [0.2, 0.25) is 0 Å². The molecule has 1 fully saturated rings. The van der Waals surface area contributed by atoms with Crippen LogP contribution in [0.5, 0.6) is 0 Å². The zero-order valence-corrected chi connectivity index (χ0v) is 9.03. The molecule has 1 saturated heterocycles. The van der Waals surface area contributed by atoms with Gasteiger partial charge in [-0.3, -0.25) is 0 Å². The molecule has 72 valence electrons. The van der Waals surface area contributed by atoms with Crippen molar-refractivity contribution in [3.63, 3.8) is 0 Å². The first-order chi connectivity index (χ1) is 5.64. The fraction of sp³-hybridized carbons (Fsp3) is 1.00. The molecule has 0 aliphatic carbocycles. The van der Waals surface area contributed by atoms with E-state index in [1.54, 1.807) is 0 Å². The molecule has 0 aromatic heterocycles. The second-order valence-corrected chi connectivity index (χ2v) is 4.93. The highest BCUT2D eigenvalue weighted by Crippen LogP contribution is 2.29. The topological polar surface area (TPSA) is 3.24 Å². The Labute approximate surface area is 81.1 Å². The van der Waals surface area contributed by atoms with Gasteiger partial charge in [-0.25, -0.2) is 0 Å². The van der Waals surface area contributed by atoms with Crippen molar-refractivity contribution in [2.45, 2.75) is 33.1 Å². The maximum atomic E-state index is 5.72. The Morgan fingerprint density at radius 3 is 2.67 bits per heavy atom. The number of halogens is 1. The number of hydrogen-bond donors (Lipinski definition) is 0. The van der Waals surface area contributed by atoms with Crippen molar-refractivity contribution < 1.29 is 0 Å². The third kappa shape index (κ3) is 3.32. The Morgan fingerprint density at radius 2 is 2.00 bits per heavy atom. The van der Waals surface area contributed by atoms with E-state index >= 15 is 0 Å². The first kappa shape index (κ1) is 10.3. The van der Waals surface area contributed by atoms with Gasteiger partial charge in [0.1, 0.15) is 0 Å². The van der Waals surface area contributed by atoms with E-state index in [2.05, 4.69) is 18.7 Å². The molecule has 1 aliphatic rings. The summed E-state index contributed by atoms with van der Waals surface area (Å²) in [6.07, 6.45) is 4.03. The quantitative estimate of drug-likeness (QED) is 0.604. The van der Waals surface area contributed by atoms with Crippen molar-refractivity contribution >= 4 is 11.6 Å². The van der Waals surface area contributed by atoms with Gasteiger partial charge in [-0.05, 0) is 37.8 Å². The van der Waals surface area contributed by atoms with Crippen molar-refractivity contribution in [3.8, 4) is 0 Å². The zero-order valence-electron chi connectivity index (χ0n) is 8.27. The highest BCUT2D eigenvalue weighted by atomic mass is 35.5. The fourth-order valence-electron chi connectivity index (χ4n) is 1.82. The van der Waals surface area contributed by atoms with Crippen LogP contribution in [0.15, 0.2) is 0 Å². The Morgan fingerprint density at radius 1 is 1.25 bits per heavy atom. The van der Waals surface area contributed by atoms with E-state index in [4.69, 9.17) is 11.6 Å². The van der Waals surface area contributed by atoms with E-state index in [1.807, 2.05) is 0 Å². The normalized spacial score (nSPS) is 25.2. The summed E-state index contributed by atoms with van der Waals surface area (Å²) in [7, 11) is 0. The molecule has 12 heavy (non-hydrogen) atoms. The highest BCUT2D eigenvalue weighted by Gasteiger charge is 2.22. The Bertz CT molecular complexity index is 134. The molecule has 0 N–H and O–H groups in total. The first-order valence-corrected chi connectivity index (χ1v) is 5.46. The maximum Gasteiger partial charge on any atom is 0.0351 e. The molecular weight excluding hydrogens is 170 g/mol. The predicted molar refractivity (Wildman–Crippen MR) is 54.8 cm³/mol. The Balaban J connectivity index is 2.34. The van der Waals surface area contributed by atoms with E-state index < -0.39 is 0 Å². The number of nitrogens with zero attached hydrogens (tertiary/aromatic N) is 1. The van der Waals surface area contributed by atoms with E-state index in [0.717, 1.165) is 12.4 Å². The van der Waals surface area contributed by atoms with Gasteiger partial charge in [0.05, 0.1) is 0 Å². The average molecular weight is 190 g/mol. The lowest BCUT2D eigenvalue weighted by atomic mass is 9.85. The minimum atomic E-state index is 0.557. The summed E-state index contributed by atoms with van der Waals surface area (Å²) >= 11 is 5.72. The van der Waals surface area contributed by atoms with Gasteiger partial charge < -0.3 is 4.90 Å². The minimum absolute atomic E-state index is 0.557. The van der Waals surface area contributed by atoms with Crippen LogP contribution < -0.4 is 0 Å². The lowest BCUT2D eigenvalue weighted by molar-refractivity contribution is 0.273. The standard InChI is InChI=1S/C10H20ClN/c1-10(2)4-3-7-12(8-5-10)9-6-11/h3-9H2,1-2H3. The number of likely N-dealkylation sites (tertiary alicyclic amines) is 1. The molecule has 1 rings (SSSR count). The molecule has 2 heteroatoms. The second-order valence-electron chi connectivity index (χ2n) is 4.55. The summed E-state index contributed by atoms with van der Waals surface area (Å²) in [6.45, 7) is 8.29. The van der Waals surface area contributed by atoms with Crippen LogP contribution in [-0.4, -0.2) is 30.4 Å². The van der Waals surface area contributed by atoms with Crippen molar-refractivity contribution in [2.24, 2.45) is 5.41 Å². The third-order valence-electron chi connectivity index (χ3n) is 2.83. The van der Waals surface area contributed by atoms with E-state index in [0.29, 0.717) is 5.41 Å². The van der Waals surface area contributed by atoms with E-state index in [-0.39, 0.29) is 0 Å². The van der Waals surface area contributed by atoms with Gasteiger partial charge in [-0.2, -0.15) is 0 Å². The highest BCUT2D eigenvalue weighted by molar-refractivity contribution is 6.18. The largest absolute Gasteiger partial charge is 0.302 e. The molecule has 0 saturated carbocycles. The summed E-state index contributed by atoms with van der Waals surface area (Å²) in [5.41, 5.74) is 0.557. The van der Waals surface area contributed by atoms with Gasteiger partial charge in [0.15, 0.2) is 0 Å². The number of rotatable bonds is 2. The summed E-state index contributed by atoms with van der Waals surface area (Å²) in [4.78, 5) is 2.49. The SMILES string of the molecule is CC1(C)CCCN(CCCl)CC1. The molecule has 1 heterocycles. The molecule has 0 aromatic carbocycles. The van der Waals surface area contributed by atoms with Crippen molar-refractivity contribution in [2.75, 3.05) is 25.5 Å². The van der Waals surface area contributed by atoms with Crippen LogP contribution in [-0.2, 0) is 0 Å². The predicted octanol–water partition coefficient (Wildman–Crippen LogP) is 2.74. The second kappa shape index (κ2) is 4.48. The molecule has 1 aliphatic heterocycles. The Hall–Kier alpha value is 0.250. The molecule has 0 unspecified atom stereocenters. The molecule has 0 bridgehead atoms. The summed E-state index contributed by atoms with van der Waals surface area (Å²) in [6, 6.07) is 0. The van der Waals surface area contributed by atoms with Crippen LogP contribution in [0, 0.1) is 5.41 Å². The van der Waals surface area contributed by atoms with Gasteiger partial charge in [-0.15, -0.1) is 11.6 Å².